The molecular weight excluding hydrogens is 410 g/mol. The van der Waals surface area contributed by atoms with Crippen LogP contribution < -0.4 is 4.90 Å². The van der Waals surface area contributed by atoms with Crippen LogP contribution in [0.3, 0.4) is 0 Å². The van der Waals surface area contributed by atoms with Gasteiger partial charge in [-0.25, -0.2) is 0 Å². The van der Waals surface area contributed by atoms with Crippen LogP contribution >= 0.6 is 0 Å². The summed E-state index contributed by atoms with van der Waals surface area (Å²) in [5.41, 5.74) is 3.97. The Morgan fingerprint density at radius 1 is 0.667 bits per heavy atom. The Bertz CT molecular complexity index is 781. The summed E-state index contributed by atoms with van der Waals surface area (Å²) in [4.78, 5) is 26.9. The van der Waals surface area contributed by atoms with Crippen LogP contribution in [0.15, 0.2) is 48.5 Å². The molecule has 0 aromatic heterocycles. The van der Waals surface area contributed by atoms with E-state index in [9.17, 15) is 9.59 Å². The predicted molar refractivity (Wildman–Crippen MR) is 137 cm³/mol. The molecule has 0 bridgehead atoms. The summed E-state index contributed by atoms with van der Waals surface area (Å²) in [5, 5.41) is 0. The van der Waals surface area contributed by atoms with E-state index >= 15 is 0 Å². The maximum absolute atomic E-state index is 13.1. The first-order chi connectivity index (χ1) is 16.0. The van der Waals surface area contributed by atoms with Crippen LogP contribution in [-0.4, -0.2) is 18.5 Å². The second kappa shape index (κ2) is 15.3. The summed E-state index contributed by atoms with van der Waals surface area (Å²) < 4.78 is 5.36. The zero-order valence-corrected chi connectivity index (χ0v) is 20.8. The van der Waals surface area contributed by atoms with Crippen LogP contribution in [0.4, 0.5) is 11.4 Å². The molecule has 0 heterocycles. The van der Waals surface area contributed by atoms with Crippen LogP contribution in [0.2, 0.25) is 0 Å². The van der Waals surface area contributed by atoms with Crippen LogP contribution in [0.5, 0.6) is 0 Å². The molecular formula is C29H41NO3. The Morgan fingerprint density at radius 3 is 1.67 bits per heavy atom. The number of hydrogen-bond donors (Lipinski definition) is 0. The number of aryl methyl sites for hydroxylation is 2. The van der Waals surface area contributed by atoms with Gasteiger partial charge in [0.1, 0.15) is 0 Å². The van der Waals surface area contributed by atoms with Gasteiger partial charge in [0.25, 0.3) is 0 Å². The number of carbonyl (C=O) groups excluding carboxylic acids is 2. The van der Waals surface area contributed by atoms with E-state index in [1.165, 1.54) is 38.5 Å². The predicted octanol–water partition coefficient (Wildman–Crippen LogP) is 7.82. The van der Waals surface area contributed by atoms with Crippen molar-refractivity contribution in [1.82, 2.24) is 0 Å². The Labute approximate surface area is 200 Å². The molecule has 0 aliphatic carbocycles. The molecule has 4 nitrogen and oxygen atoms in total. The molecule has 0 aliphatic heterocycles. The lowest BCUT2D eigenvalue weighted by atomic mass is 10.1. The second-order valence-corrected chi connectivity index (χ2v) is 8.95. The molecule has 2 aromatic carbocycles. The standard InChI is InChI=1S/C29H41NO3/c1-4-5-6-7-8-9-10-11-23-33-29(32)14-12-13-28(31)30(26-19-15-24(2)16-20-26)27-21-17-25(3)18-22-27/h15-22H,4-14,23H2,1-3H3. The fourth-order valence-electron chi connectivity index (χ4n) is 3.81. The lowest BCUT2D eigenvalue weighted by Gasteiger charge is -2.23. The first kappa shape index (κ1) is 26.6. The number of rotatable bonds is 15. The topological polar surface area (TPSA) is 46.6 Å². The number of esters is 1. The van der Waals surface area contributed by atoms with Gasteiger partial charge in [-0.3, -0.25) is 14.5 Å². The third-order valence-corrected chi connectivity index (χ3v) is 5.87. The zero-order chi connectivity index (χ0) is 23.9. The number of unbranched alkanes of at least 4 members (excludes halogenated alkanes) is 7. The SMILES string of the molecule is CCCCCCCCCCOC(=O)CCCC(=O)N(c1ccc(C)cc1)c1ccc(C)cc1. The van der Waals surface area contributed by atoms with Gasteiger partial charge in [0.15, 0.2) is 0 Å². The Kier molecular flexibility index (Phi) is 12.3. The molecule has 2 rings (SSSR count). The molecule has 0 atom stereocenters. The van der Waals surface area contributed by atoms with Crippen molar-refractivity contribution >= 4 is 23.3 Å². The van der Waals surface area contributed by atoms with Crippen LogP contribution in [0.1, 0.15) is 88.7 Å². The Hall–Kier alpha value is -2.62. The first-order valence-corrected chi connectivity index (χ1v) is 12.6. The van der Waals surface area contributed by atoms with Gasteiger partial charge in [0.2, 0.25) is 5.91 Å². The van der Waals surface area contributed by atoms with E-state index in [-0.39, 0.29) is 18.3 Å². The van der Waals surface area contributed by atoms with Gasteiger partial charge in [0.05, 0.1) is 6.61 Å². The highest BCUT2D eigenvalue weighted by molar-refractivity contribution is 6.00. The molecule has 0 saturated carbocycles. The van der Waals surface area contributed by atoms with Crippen molar-refractivity contribution in [3.8, 4) is 0 Å². The normalized spacial score (nSPS) is 10.8. The maximum Gasteiger partial charge on any atom is 0.305 e. The van der Waals surface area contributed by atoms with E-state index < -0.39 is 0 Å². The molecule has 0 N–H and O–H groups in total. The molecule has 4 heteroatoms. The third kappa shape index (κ3) is 10.2. The fourth-order valence-corrected chi connectivity index (χ4v) is 3.81. The van der Waals surface area contributed by atoms with Gasteiger partial charge < -0.3 is 4.74 Å². The Morgan fingerprint density at radius 2 is 1.15 bits per heavy atom. The smallest absolute Gasteiger partial charge is 0.305 e. The fraction of sp³-hybridized carbons (Fsp3) is 0.517. The minimum Gasteiger partial charge on any atom is -0.466 e. The average molecular weight is 452 g/mol. The summed E-state index contributed by atoms with van der Waals surface area (Å²) in [6.07, 6.45) is 10.8. The molecule has 0 fully saturated rings. The quantitative estimate of drug-likeness (QED) is 0.205. The minimum atomic E-state index is -0.206. The number of nitrogens with zero attached hydrogens (tertiary/aromatic N) is 1. The van der Waals surface area contributed by atoms with Crippen LogP contribution in [0, 0.1) is 13.8 Å². The highest BCUT2D eigenvalue weighted by Gasteiger charge is 2.18. The molecule has 2 aromatic rings. The highest BCUT2D eigenvalue weighted by atomic mass is 16.5. The average Bonchev–Trinajstić information content (AvgIpc) is 2.80. The van der Waals surface area contributed by atoms with Crippen molar-refractivity contribution in [2.75, 3.05) is 11.5 Å². The summed E-state index contributed by atoms with van der Waals surface area (Å²) in [6.45, 7) is 6.77. The van der Waals surface area contributed by atoms with Crippen molar-refractivity contribution in [3.63, 3.8) is 0 Å². The molecule has 0 aliphatic rings. The number of amides is 1. The van der Waals surface area contributed by atoms with Gasteiger partial charge in [-0.05, 0) is 51.0 Å². The molecule has 0 radical (unpaired) electrons. The lowest BCUT2D eigenvalue weighted by Crippen LogP contribution is -2.25. The number of carbonyl (C=O) groups is 2. The van der Waals surface area contributed by atoms with Gasteiger partial charge in [-0.1, -0.05) is 87.3 Å². The van der Waals surface area contributed by atoms with Gasteiger partial charge in [0, 0.05) is 24.2 Å². The molecule has 1 amide bonds. The molecule has 0 spiro atoms. The highest BCUT2D eigenvalue weighted by Crippen LogP contribution is 2.27. The first-order valence-electron chi connectivity index (χ1n) is 12.6. The van der Waals surface area contributed by atoms with Crippen molar-refractivity contribution in [1.29, 1.82) is 0 Å². The zero-order valence-electron chi connectivity index (χ0n) is 20.8. The van der Waals surface area contributed by atoms with Crippen molar-refractivity contribution in [2.45, 2.75) is 91.4 Å². The van der Waals surface area contributed by atoms with Crippen LogP contribution in [0.25, 0.3) is 0 Å². The molecule has 0 saturated heterocycles. The van der Waals surface area contributed by atoms with E-state index in [0.717, 1.165) is 35.3 Å². The lowest BCUT2D eigenvalue weighted by molar-refractivity contribution is -0.143. The number of anilines is 2. The largest absolute Gasteiger partial charge is 0.466 e. The second-order valence-electron chi connectivity index (χ2n) is 8.95. The Balaban J connectivity index is 1.74. The number of benzene rings is 2. The van der Waals surface area contributed by atoms with Crippen molar-refractivity contribution < 1.29 is 14.3 Å². The van der Waals surface area contributed by atoms with Gasteiger partial charge in [-0.2, -0.15) is 0 Å². The van der Waals surface area contributed by atoms with Gasteiger partial charge >= 0.3 is 5.97 Å². The maximum atomic E-state index is 13.1. The monoisotopic (exact) mass is 451 g/mol. The third-order valence-electron chi connectivity index (χ3n) is 5.87. The number of hydrogen-bond acceptors (Lipinski definition) is 3. The molecule has 180 valence electrons. The summed E-state index contributed by atoms with van der Waals surface area (Å²) in [5.74, 6) is -0.221. The van der Waals surface area contributed by atoms with Gasteiger partial charge in [-0.15, -0.1) is 0 Å². The summed E-state index contributed by atoms with van der Waals surface area (Å²) in [7, 11) is 0. The van der Waals surface area contributed by atoms with Crippen LogP contribution in [-0.2, 0) is 14.3 Å². The van der Waals surface area contributed by atoms with Crippen molar-refractivity contribution in [3.05, 3.63) is 59.7 Å². The van der Waals surface area contributed by atoms with E-state index in [1.54, 1.807) is 4.90 Å². The summed E-state index contributed by atoms with van der Waals surface area (Å²) >= 11 is 0. The van der Waals surface area contributed by atoms with E-state index in [1.807, 2.05) is 62.4 Å². The molecule has 33 heavy (non-hydrogen) atoms. The van der Waals surface area contributed by atoms with Crippen molar-refractivity contribution in [2.24, 2.45) is 0 Å². The minimum absolute atomic E-state index is 0.0152. The van der Waals surface area contributed by atoms with E-state index in [2.05, 4.69) is 6.92 Å². The van der Waals surface area contributed by atoms with E-state index in [0.29, 0.717) is 19.4 Å². The molecule has 0 unspecified atom stereocenters. The number of ether oxygens (including phenoxy) is 1. The summed E-state index contributed by atoms with van der Waals surface area (Å²) in [6, 6.07) is 15.9. The van der Waals surface area contributed by atoms with E-state index in [4.69, 9.17) is 4.74 Å².